The normalized spacial score (nSPS) is 14.6. The Labute approximate surface area is 179 Å². The Kier molecular flexibility index (Phi) is 5.17. The number of amides is 1. The average Bonchev–Trinajstić information content (AvgIpc) is 2.96. The maximum Gasteiger partial charge on any atom is 0.262 e. The summed E-state index contributed by atoms with van der Waals surface area (Å²) < 4.78 is 32.1. The van der Waals surface area contributed by atoms with Crippen LogP contribution in [0.15, 0.2) is 65.6 Å². The number of anilines is 1. The Morgan fingerprint density at radius 1 is 1.07 bits per heavy atom. The number of fused-ring (bicyclic) bond motifs is 2. The fourth-order valence-electron chi connectivity index (χ4n) is 3.42. The van der Waals surface area contributed by atoms with E-state index in [1.807, 2.05) is 31.2 Å². The highest BCUT2D eigenvalue weighted by Crippen LogP contribution is 2.36. The van der Waals surface area contributed by atoms with Crippen LogP contribution in [-0.4, -0.2) is 21.4 Å². The van der Waals surface area contributed by atoms with Crippen molar-refractivity contribution in [2.45, 2.75) is 17.9 Å². The predicted octanol–water partition coefficient (Wildman–Crippen LogP) is 4.62. The number of carbonyl (C=O) groups is 1. The number of benzene rings is 3. The smallest absolute Gasteiger partial charge is 0.262 e. The van der Waals surface area contributed by atoms with Gasteiger partial charge in [-0.1, -0.05) is 41.9 Å². The molecule has 154 valence electrons. The molecule has 3 aromatic rings. The Bertz CT molecular complexity index is 1240. The molecule has 1 aliphatic rings. The Morgan fingerprint density at radius 3 is 2.50 bits per heavy atom. The third-order valence-corrected chi connectivity index (χ3v) is 6.66. The molecule has 0 saturated heterocycles. The van der Waals surface area contributed by atoms with Crippen LogP contribution in [0.2, 0.25) is 5.02 Å². The van der Waals surface area contributed by atoms with Crippen LogP contribution in [0.5, 0.6) is 5.75 Å². The highest BCUT2D eigenvalue weighted by atomic mass is 35.5. The summed E-state index contributed by atoms with van der Waals surface area (Å²) in [6.45, 7) is 1.87. The molecule has 0 aliphatic carbocycles. The summed E-state index contributed by atoms with van der Waals surface area (Å²) in [5, 5.41) is 3.38. The van der Waals surface area contributed by atoms with E-state index in [1.165, 1.54) is 7.11 Å². The molecule has 0 aromatic heterocycles. The van der Waals surface area contributed by atoms with Crippen molar-refractivity contribution in [3.05, 3.63) is 76.8 Å². The third-order valence-electron chi connectivity index (χ3n) is 5.00. The summed E-state index contributed by atoms with van der Waals surface area (Å²) in [5.74, 6) is 0.141. The van der Waals surface area contributed by atoms with E-state index in [0.29, 0.717) is 27.6 Å². The van der Waals surface area contributed by atoms with Crippen molar-refractivity contribution in [3.8, 4) is 16.9 Å². The standard InChI is InChI=1S/C22H19ClN2O4S/c1-13(24-22(26)19-11-16(23)7-10-20(19)29-2)14-3-5-15(6-4-14)18-9-8-17-12-21(18)30(27,28)25-17/h3-13,25H,1-2H3,(H,24,26). The molecule has 3 aromatic carbocycles. The second-order valence-electron chi connectivity index (χ2n) is 6.98. The predicted molar refractivity (Wildman–Crippen MR) is 117 cm³/mol. The first-order chi connectivity index (χ1) is 14.3. The lowest BCUT2D eigenvalue weighted by atomic mass is 10.0. The van der Waals surface area contributed by atoms with Gasteiger partial charge in [0.25, 0.3) is 15.9 Å². The number of rotatable bonds is 5. The van der Waals surface area contributed by atoms with Gasteiger partial charge in [-0.05, 0) is 48.4 Å². The minimum absolute atomic E-state index is 0.266. The first-order valence-corrected chi connectivity index (χ1v) is 11.1. The van der Waals surface area contributed by atoms with Crippen LogP contribution >= 0.6 is 11.6 Å². The van der Waals surface area contributed by atoms with Crippen LogP contribution < -0.4 is 14.8 Å². The van der Waals surface area contributed by atoms with E-state index >= 15 is 0 Å². The van der Waals surface area contributed by atoms with Crippen molar-refractivity contribution >= 4 is 33.2 Å². The molecule has 2 bridgehead atoms. The second kappa shape index (κ2) is 7.66. The van der Waals surface area contributed by atoms with E-state index in [9.17, 15) is 13.2 Å². The van der Waals surface area contributed by atoms with Crippen molar-refractivity contribution < 1.29 is 17.9 Å². The topological polar surface area (TPSA) is 84.5 Å². The number of sulfonamides is 1. The van der Waals surface area contributed by atoms with Gasteiger partial charge in [-0.3, -0.25) is 9.52 Å². The number of ether oxygens (including phenoxy) is 1. The van der Waals surface area contributed by atoms with Gasteiger partial charge in [0.1, 0.15) is 5.75 Å². The summed E-state index contributed by atoms with van der Waals surface area (Å²) in [6.07, 6.45) is 0. The molecule has 4 rings (SSSR count). The van der Waals surface area contributed by atoms with Crippen molar-refractivity contribution in [1.82, 2.24) is 5.32 Å². The number of hydrogen-bond acceptors (Lipinski definition) is 4. The minimum Gasteiger partial charge on any atom is -0.496 e. The molecule has 2 N–H and O–H groups in total. The Morgan fingerprint density at radius 2 is 1.80 bits per heavy atom. The van der Waals surface area contributed by atoms with Gasteiger partial charge in [0.15, 0.2) is 0 Å². The summed E-state index contributed by atoms with van der Waals surface area (Å²) in [6, 6.07) is 17.2. The van der Waals surface area contributed by atoms with Crippen molar-refractivity contribution in [3.63, 3.8) is 0 Å². The minimum atomic E-state index is -3.51. The van der Waals surface area contributed by atoms with Crippen LogP contribution in [-0.2, 0) is 10.0 Å². The summed E-state index contributed by atoms with van der Waals surface area (Å²) >= 11 is 6.01. The summed E-state index contributed by atoms with van der Waals surface area (Å²) in [4.78, 5) is 13.0. The quantitative estimate of drug-likeness (QED) is 0.603. The lowest BCUT2D eigenvalue weighted by molar-refractivity contribution is 0.0937. The van der Waals surface area contributed by atoms with Gasteiger partial charge in [-0.2, -0.15) is 0 Å². The van der Waals surface area contributed by atoms with Gasteiger partial charge >= 0.3 is 0 Å². The molecule has 8 heteroatoms. The maximum absolute atomic E-state index is 12.7. The molecule has 1 aliphatic heterocycles. The van der Waals surface area contributed by atoms with Crippen LogP contribution in [0, 0.1) is 0 Å². The number of nitrogens with one attached hydrogen (secondary N) is 2. The number of hydrogen-bond donors (Lipinski definition) is 2. The molecule has 1 unspecified atom stereocenters. The van der Waals surface area contributed by atoms with E-state index < -0.39 is 10.0 Å². The fraction of sp³-hybridized carbons (Fsp3) is 0.136. The van der Waals surface area contributed by atoms with E-state index in [1.54, 1.807) is 36.4 Å². The molecule has 0 radical (unpaired) electrons. The monoisotopic (exact) mass is 442 g/mol. The number of halogens is 1. The number of methoxy groups -OCH3 is 1. The Balaban J connectivity index is 1.55. The lowest BCUT2D eigenvalue weighted by Crippen LogP contribution is -2.27. The van der Waals surface area contributed by atoms with Crippen LogP contribution in [0.3, 0.4) is 0 Å². The zero-order valence-corrected chi connectivity index (χ0v) is 17.8. The van der Waals surface area contributed by atoms with Crippen LogP contribution in [0.1, 0.15) is 28.9 Å². The van der Waals surface area contributed by atoms with E-state index in [2.05, 4.69) is 10.0 Å². The van der Waals surface area contributed by atoms with E-state index in [0.717, 1.165) is 11.1 Å². The molecule has 6 nitrogen and oxygen atoms in total. The highest BCUT2D eigenvalue weighted by molar-refractivity contribution is 7.93. The first kappa shape index (κ1) is 20.3. The SMILES string of the molecule is COc1ccc(Cl)cc1C(=O)NC(C)c1ccc(-c2ccc3cc2S(=O)(=O)N3)cc1. The van der Waals surface area contributed by atoms with Crippen molar-refractivity contribution in [2.24, 2.45) is 0 Å². The summed E-state index contributed by atoms with van der Waals surface area (Å²) in [7, 11) is -2.01. The second-order valence-corrected chi connectivity index (χ2v) is 9.07. The molecule has 0 spiro atoms. The molecule has 1 amide bonds. The average molecular weight is 443 g/mol. The molecule has 0 saturated carbocycles. The summed E-state index contributed by atoms with van der Waals surface area (Å²) in [5.41, 5.74) is 3.22. The lowest BCUT2D eigenvalue weighted by Gasteiger charge is -2.16. The van der Waals surface area contributed by atoms with Crippen LogP contribution in [0.25, 0.3) is 11.1 Å². The first-order valence-electron chi connectivity index (χ1n) is 9.20. The molecular weight excluding hydrogens is 424 g/mol. The van der Waals surface area contributed by atoms with Gasteiger partial charge in [0.05, 0.1) is 29.3 Å². The molecule has 1 atom stereocenters. The van der Waals surface area contributed by atoms with Gasteiger partial charge < -0.3 is 10.1 Å². The largest absolute Gasteiger partial charge is 0.496 e. The van der Waals surface area contributed by atoms with Gasteiger partial charge in [-0.15, -0.1) is 0 Å². The Hall–Kier alpha value is -3.03. The van der Waals surface area contributed by atoms with Gasteiger partial charge in [0.2, 0.25) is 0 Å². The zero-order chi connectivity index (χ0) is 21.5. The molecule has 30 heavy (non-hydrogen) atoms. The van der Waals surface area contributed by atoms with Crippen molar-refractivity contribution in [2.75, 3.05) is 11.8 Å². The van der Waals surface area contributed by atoms with Crippen LogP contribution in [0.4, 0.5) is 5.69 Å². The molecule has 1 heterocycles. The van der Waals surface area contributed by atoms with Gasteiger partial charge in [-0.25, -0.2) is 8.42 Å². The highest BCUT2D eigenvalue weighted by Gasteiger charge is 2.26. The third kappa shape index (κ3) is 3.74. The van der Waals surface area contributed by atoms with E-state index in [4.69, 9.17) is 16.3 Å². The molecular formula is C22H19ClN2O4S. The number of carbonyl (C=O) groups excluding carboxylic acids is 1. The fourth-order valence-corrected chi connectivity index (χ4v) is 4.90. The maximum atomic E-state index is 12.7. The van der Waals surface area contributed by atoms with E-state index in [-0.39, 0.29) is 16.8 Å². The van der Waals surface area contributed by atoms with Crippen molar-refractivity contribution in [1.29, 1.82) is 0 Å². The zero-order valence-electron chi connectivity index (χ0n) is 16.3. The molecule has 0 fully saturated rings. The van der Waals surface area contributed by atoms with Gasteiger partial charge in [0, 0.05) is 10.6 Å².